The summed E-state index contributed by atoms with van der Waals surface area (Å²) in [5.41, 5.74) is 1.59. The van der Waals surface area contributed by atoms with Crippen molar-refractivity contribution in [2.24, 2.45) is 0 Å². The van der Waals surface area contributed by atoms with Crippen molar-refractivity contribution < 1.29 is 20.1 Å². The lowest BCUT2D eigenvalue weighted by atomic mass is 10.1. The Morgan fingerprint density at radius 2 is 1.76 bits per heavy atom. The molecule has 132 valence electrons. The van der Waals surface area contributed by atoms with Crippen molar-refractivity contribution in [3.63, 3.8) is 0 Å². The first-order chi connectivity index (χ1) is 11.8. The first-order valence-electron chi connectivity index (χ1n) is 7.72. The highest BCUT2D eigenvalue weighted by atomic mass is 32.1. The molecule has 0 saturated heterocycles. The quantitative estimate of drug-likeness (QED) is 0.504. The molecule has 5 N–H and O–H groups in total. The zero-order chi connectivity index (χ0) is 18.4. The summed E-state index contributed by atoms with van der Waals surface area (Å²) in [5, 5.41) is 34.2. The van der Waals surface area contributed by atoms with Gasteiger partial charge in [-0.1, -0.05) is 24.3 Å². The van der Waals surface area contributed by atoms with Crippen LogP contribution in [0.3, 0.4) is 0 Å². The molecule has 0 fully saturated rings. The molecule has 6 nitrogen and oxygen atoms in total. The first-order valence-corrected chi connectivity index (χ1v) is 8.12. The molecule has 2 atom stereocenters. The standard InChI is InChI=1S/C18H20N2O4S/c1-11(13-3-2-4-15(22)10-13)19-18(25)20-16(17(23)24)9-12-5-7-14(21)8-6-12/h2-8,10-11,16,21-22H,9H2,1H3,(H,23,24)(H2,19,20,25)/t11-,16-/m1/s1. The number of carboxylic acids is 1. The second-order valence-corrected chi connectivity index (χ2v) is 6.10. The van der Waals surface area contributed by atoms with E-state index in [2.05, 4.69) is 10.6 Å². The lowest BCUT2D eigenvalue weighted by Gasteiger charge is -2.21. The van der Waals surface area contributed by atoms with Crippen LogP contribution >= 0.6 is 12.2 Å². The molecular formula is C18H20N2O4S. The van der Waals surface area contributed by atoms with Crippen LogP contribution in [0.5, 0.6) is 11.5 Å². The topological polar surface area (TPSA) is 102 Å². The SMILES string of the molecule is C[C@@H](NC(=S)N[C@H](Cc1ccc(O)cc1)C(=O)O)c1cccc(O)c1. The largest absolute Gasteiger partial charge is 0.508 e. The van der Waals surface area contributed by atoms with Crippen LogP contribution in [0.1, 0.15) is 24.1 Å². The first kappa shape index (κ1) is 18.5. The van der Waals surface area contributed by atoms with E-state index in [0.29, 0.717) is 0 Å². The Labute approximate surface area is 151 Å². The maximum Gasteiger partial charge on any atom is 0.326 e. The number of carbonyl (C=O) groups is 1. The molecule has 0 aliphatic rings. The van der Waals surface area contributed by atoms with Gasteiger partial charge in [0.2, 0.25) is 0 Å². The third kappa shape index (κ3) is 5.65. The Hall–Kier alpha value is -2.80. The van der Waals surface area contributed by atoms with Gasteiger partial charge in [0.15, 0.2) is 5.11 Å². The molecule has 0 aromatic heterocycles. The summed E-state index contributed by atoms with van der Waals surface area (Å²) < 4.78 is 0. The molecule has 0 radical (unpaired) electrons. The molecule has 0 spiro atoms. The highest BCUT2D eigenvalue weighted by molar-refractivity contribution is 7.80. The number of phenolic OH excluding ortho intramolecular Hbond substituents is 2. The number of hydrogen-bond donors (Lipinski definition) is 5. The van der Waals surface area contributed by atoms with E-state index in [-0.39, 0.29) is 29.1 Å². The number of phenols is 2. The molecule has 0 bridgehead atoms. The van der Waals surface area contributed by atoms with E-state index in [0.717, 1.165) is 11.1 Å². The molecule has 0 saturated carbocycles. The Morgan fingerprint density at radius 3 is 2.36 bits per heavy atom. The fraction of sp³-hybridized carbons (Fsp3) is 0.222. The van der Waals surface area contributed by atoms with Crippen molar-refractivity contribution in [3.05, 3.63) is 59.7 Å². The number of aliphatic carboxylic acids is 1. The van der Waals surface area contributed by atoms with E-state index in [1.54, 1.807) is 30.3 Å². The fourth-order valence-corrected chi connectivity index (χ4v) is 2.66. The van der Waals surface area contributed by atoms with E-state index < -0.39 is 12.0 Å². The molecule has 0 unspecified atom stereocenters. The molecule has 2 aromatic rings. The fourth-order valence-electron chi connectivity index (χ4n) is 2.34. The van der Waals surface area contributed by atoms with Crippen LogP contribution in [0, 0.1) is 0 Å². The minimum Gasteiger partial charge on any atom is -0.508 e. The normalized spacial score (nSPS) is 12.8. The summed E-state index contributed by atoms with van der Waals surface area (Å²) in [6, 6.07) is 12.0. The van der Waals surface area contributed by atoms with Crippen molar-refractivity contribution in [2.75, 3.05) is 0 Å². The molecule has 0 heterocycles. The summed E-state index contributed by atoms with van der Waals surface area (Å²) >= 11 is 5.21. The van der Waals surface area contributed by atoms with Crippen LogP contribution in [0.2, 0.25) is 0 Å². The Balaban J connectivity index is 1.97. The lowest BCUT2D eigenvalue weighted by molar-refractivity contribution is -0.139. The highest BCUT2D eigenvalue weighted by Gasteiger charge is 2.20. The van der Waals surface area contributed by atoms with E-state index in [4.69, 9.17) is 12.2 Å². The van der Waals surface area contributed by atoms with Crippen molar-refractivity contribution in [1.29, 1.82) is 0 Å². The average molecular weight is 360 g/mol. The average Bonchev–Trinajstić information content (AvgIpc) is 2.56. The van der Waals surface area contributed by atoms with E-state index in [1.807, 2.05) is 13.0 Å². The maximum atomic E-state index is 11.5. The molecule has 2 aromatic carbocycles. The molecule has 2 rings (SSSR count). The third-order valence-corrected chi connectivity index (χ3v) is 3.93. The van der Waals surface area contributed by atoms with Gasteiger partial charge >= 0.3 is 5.97 Å². The number of hydrogen-bond acceptors (Lipinski definition) is 4. The predicted octanol–water partition coefficient (Wildman–Crippen LogP) is 2.32. The van der Waals surface area contributed by atoms with Crippen molar-refractivity contribution in [3.8, 4) is 11.5 Å². The molecule has 0 aliphatic carbocycles. The number of aromatic hydroxyl groups is 2. The number of benzene rings is 2. The summed E-state index contributed by atoms with van der Waals surface area (Å²) in [5.74, 6) is -0.747. The zero-order valence-corrected chi connectivity index (χ0v) is 14.5. The van der Waals surface area contributed by atoms with Gasteiger partial charge in [0.1, 0.15) is 17.5 Å². The maximum absolute atomic E-state index is 11.5. The van der Waals surface area contributed by atoms with Gasteiger partial charge in [0.05, 0.1) is 6.04 Å². The number of thiocarbonyl (C=S) groups is 1. The van der Waals surface area contributed by atoms with Gasteiger partial charge in [0, 0.05) is 6.42 Å². The smallest absolute Gasteiger partial charge is 0.326 e. The van der Waals surface area contributed by atoms with E-state index in [9.17, 15) is 20.1 Å². The van der Waals surface area contributed by atoms with Crippen LogP contribution in [0.4, 0.5) is 0 Å². The summed E-state index contributed by atoms with van der Waals surface area (Å²) in [4.78, 5) is 11.5. The van der Waals surface area contributed by atoms with Gasteiger partial charge in [-0.3, -0.25) is 0 Å². The molecule has 7 heteroatoms. The summed E-state index contributed by atoms with van der Waals surface area (Å²) in [6.45, 7) is 1.86. The molecule has 0 aliphatic heterocycles. The van der Waals surface area contributed by atoms with E-state index >= 15 is 0 Å². The van der Waals surface area contributed by atoms with Crippen LogP contribution < -0.4 is 10.6 Å². The molecule has 0 amide bonds. The molecular weight excluding hydrogens is 340 g/mol. The second kappa shape index (κ2) is 8.34. The minimum atomic E-state index is -1.03. The minimum absolute atomic E-state index is 0.126. The van der Waals surface area contributed by atoms with Crippen molar-refractivity contribution >= 4 is 23.3 Å². The molecule has 25 heavy (non-hydrogen) atoms. The Kier molecular flexibility index (Phi) is 6.19. The second-order valence-electron chi connectivity index (χ2n) is 5.70. The van der Waals surface area contributed by atoms with Gasteiger partial charge in [-0.15, -0.1) is 0 Å². The van der Waals surface area contributed by atoms with Crippen molar-refractivity contribution in [1.82, 2.24) is 10.6 Å². The van der Waals surface area contributed by atoms with E-state index in [1.165, 1.54) is 12.1 Å². The van der Waals surface area contributed by atoms with Crippen molar-refractivity contribution in [2.45, 2.75) is 25.4 Å². The summed E-state index contributed by atoms with van der Waals surface area (Å²) in [6.07, 6.45) is 0.220. The van der Waals surface area contributed by atoms with Crippen LogP contribution in [-0.4, -0.2) is 32.4 Å². The third-order valence-electron chi connectivity index (χ3n) is 3.70. The Morgan fingerprint density at radius 1 is 1.08 bits per heavy atom. The van der Waals surface area contributed by atoms with Crippen LogP contribution in [0.25, 0.3) is 0 Å². The lowest BCUT2D eigenvalue weighted by Crippen LogP contribution is -2.47. The monoisotopic (exact) mass is 360 g/mol. The van der Waals surface area contributed by atoms with Gasteiger partial charge in [-0.05, 0) is 54.5 Å². The van der Waals surface area contributed by atoms with Gasteiger partial charge < -0.3 is 26.0 Å². The van der Waals surface area contributed by atoms with Gasteiger partial charge in [0.25, 0.3) is 0 Å². The predicted molar refractivity (Wildman–Crippen MR) is 98.6 cm³/mol. The van der Waals surface area contributed by atoms with Gasteiger partial charge in [-0.25, -0.2) is 4.79 Å². The Bertz CT molecular complexity index is 749. The number of carboxylic acid groups (broad SMARTS) is 1. The highest BCUT2D eigenvalue weighted by Crippen LogP contribution is 2.17. The van der Waals surface area contributed by atoms with Crippen LogP contribution in [0.15, 0.2) is 48.5 Å². The van der Waals surface area contributed by atoms with Gasteiger partial charge in [-0.2, -0.15) is 0 Å². The summed E-state index contributed by atoms with van der Waals surface area (Å²) in [7, 11) is 0. The van der Waals surface area contributed by atoms with Crippen LogP contribution in [-0.2, 0) is 11.2 Å². The zero-order valence-electron chi connectivity index (χ0n) is 13.6. The number of rotatable bonds is 6. The number of nitrogens with one attached hydrogen (secondary N) is 2.